The minimum Gasteiger partial charge on any atom is -0.481 e. The summed E-state index contributed by atoms with van der Waals surface area (Å²) >= 11 is 0. The minimum absolute atomic E-state index is 0.160. The highest BCUT2D eigenvalue weighted by Crippen LogP contribution is 2.12. The van der Waals surface area contributed by atoms with Crippen molar-refractivity contribution in [3.8, 4) is 11.8 Å². The highest BCUT2D eigenvalue weighted by Gasteiger charge is 1.99. The van der Waals surface area contributed by atoms with E-state index in [0.717, 1.165) is 16.7 Å². The van der Waals surface area contributed by atoms with Crippen LogP contribution in [0.3, 0.4) is 0 Å². The Morgan fingerprint density at radius 1 is 1.05 bits per heavy atom. The Morgan fingerprint density at radius 3 is 2.43 bits per heavy atom. The Hall–Kier alpha value is -2.53. The first kappa shape index (κ1) is 14.9. The van der Waals surface area contributed by atoms with Gasteiger partial charge < -0.3 is 5.11 Å². The maximum Gasteiger partial charge on any atom is 0.303 e. The summed E-state index contributed by atoms with van der Waals surface area (Å²) < 4.78 is 0. The maximum absolute atomic E-state index is 10.5. The van der Waals surface area contributed by atoms with Crippen molar-refractivity contribution >= 4 is 5.97 Å². The van der Waals surface area contributed by atoms with E-state index in [2.05, 4.69) is 31.8 Å². The molecule has 0 radical (unpaired) electrons. The van der Waals surface area contributed by atoms with Crippen molar-refractivity contribution in [2.24, 2.45) is 0 Å². The molecule has 0 unspecified atom stereocenters. The third-order valence-corrected chi connectivity index (χ3v) is 3.53. The quantitative estimate of drug-likeness (QED) is 0.869. The second-order valence-electron chi connectivity index (χ2n) is 5.09. The van der Waals surface area contributed by atoms with Gasteiger partial charge in [0.05, 0.1) is 0 Å². The lowest BCUT2D eigenvalue weighted by atomic mass is 10.0. The first-order chi connectivity index (χ1) is 10.1. The van der Waals surface area contributed by atoms with Gasteiger partial charge in [0, 0.05) is 17.5 Å². The van der Waals surface area contributed by atoms with Crippen molar-refractivity contribution in [3.05, 3.63) is 70.3 Å². The van der Waals surface area contributed by atoms with E-state index in [4.69, 9.17) is 5.11 Å². The number of hydrogen-bond acceptors (Lipinski definition) is 1. The van der Waals surface area contributed by atoms with Gasteiger partial charge in [-0.25, -0.2) is 0 Å². The molecule has 0 spiro atoms. The van der Waals surface area contributed by atoms with Gasteiger partial charge in [0.25, 0.3) is 0 Å². The summed E-state index contributed by atoms with van der Waals surface area (Å²) in [6.45, 7) is 4.16. The Bertz CT molecular complexity index is 701. The molecule has 0 aromatic heterocycles. The zero-order valence-corrected chi connectivity index (χ0v) is 12.3. The van der Waals surface area contributed by atoms with Gasteiger partial charge in [0.1, 0.15) is 0 Å². The molecule has 0 aliphatic rings. The molecule has 0 fully saturated rings. The molecule has 21 heavy (non-hydrogen) atoms. The van der Waals surface area contributed by atoms with Crippen LogP contribution in [0.2, 0.25) is 0 Å². The summed E-state index contributed by atoms with van der Waals surface area (Å²) in [6.07, 6.45) is 0.716. The van der Waals surface area contributed by atoms with Crippen molar-refractivity contribution in [2.75, 3.05) is 0 Å². The molecule has 1 N–H and O–H groups in total. The Morgan fingerprint density at radius 2 is 1.76 bits per heavy atom. The molecule has 2 nitrogen and oxygen atoms in total. The minimum atomic E-state index is -0.770. The Kier molecular flexibility index (Phi) is 4.79. The smallest absolute Gasteiger partial charge is 0.303 e. The molecule has 2 aromatic carbocycles. The van der Waals surface area contributed by atoms with Gasteiger partial charge in [0.2, 0.25) is 0 Å². The summed E-state index contributed by atoms with van der Waals surface area (Å²) in [5.41, 5.74) is 5.46. The van der Waals surface area contributed by atoms with Crippen molar-refractivity contribution < 1.29 is 9.90 Å². The fourth-order valence-corrected chi connectivity index (χ4v) is 2.03. The molecule has 0 aliphatic carbocycles. The number of benzene rings is 2. The van der Waals surface area contributed by atoms with Gasteiger partial charge in [-0.2, -0.15) is 0 Å². The fraction of sp³-hybridized carbons (Fsp3) is 0.211. The molecule has 2 aromatic rings. The van der Waals surface area contributed by atoms with E-state index in [-0.39, 0.29) is 6.42 Å². The van der Waals surface area contributed by atoms with Crippen molar-refractivity contribution in [2.45, 2.75) is 26.7 Å². The molecule has 106 valence electrons. The largest absolute Gasteiger partial charge is 0.481 e. The second-order valence-corrected chi connectivity index (χ2v) is 5.09. The predicted molar refractivity (Wildman–Crippen MR) is 84.3 cm³/mol. The van der Waals surface area contributed by atoms with Crippen LogP contribution in [-0.2, 0) is 11.2 Å². The second kappa shape index (κ2) is 6.76. The highest BCUT2D eigenvalue weighted by atomic mass is 16.4. The van der Waals surface area contributed by atoms with E-state index in [1.807, 2.05) is 36.4 Å². The van der Waals surface area contributed by atoms with Crippen LogP contribution in [0.25, 0.3) is 0 Å². The van der Waals surface area contributed by atoms with E-state index in [9.17, 15) is 4.79 Å². The van der Waals surface area contributed by atoms with Gasteiger partial charge in [0.15, 0.2) is 0 Å². The summed E-state index contributed by atoms with van der Waals surface area (Å²) in [7, 11) is 0. The lowest BCUT2D eigenvalue weighted by Gasteiger charge is -2.01. The first-order valence-electron chi connectivity index (χ1n) is 6.95. The third kappa shape index (κ3) is 4.22. The zero-order valence-electron chi connectivity index (χ0n) is 12.3. The summed E-state index contributed by atoms with van der Waals surface area (Å²) in [4.78, 5) is 10.5. The molecular formula is C19H18O2. The molecule has 2 rings (SSSR count). The number of carboxylic acid groups (broad SMARTS) is 1. The first-order valence-corrected chi connectivity index (χ1v) is 6.95. The molecule has 2 heteroatoms. The lowest BCUT2D eigenvalue weighted by molar-refractivity contribution is -0.136. The van der Waals surface area contributed by atoms with E-state index < -0.39 is 5.97 Å². The standard InChI is InChI=1S/C19H18O2/c1-14-4-3-5-18(15(14)2)12-10-16-6-8-17(9-7-16)11-13-19(20)21/h3-9H,11,13H2,1-2H3,(H,20,21). The number of rotatable bonds is 3. The maximum atomic E-state index is 10.5. The van der Waals surface area contributed by atoms with Crippen LogP contribution in [0, 0.1) is 25.7 Å². The van der Waals surface area contributed by atoms with Crippen LogP contribution < -0.4 is 0 Å². The summed E-state index contributed by atoms with van der Waals surface area (Å²) in [6, 6.07) is 13.9. The molecule has 0 bridgehead atoms. The molecule has 0 saturated heterocycles. The average Bonchev–Trinajstić information content (AvgIpc) is 2.48. The Balaban J connectivity index is 2.12. The van der Waals surface area contributed by atoms with Gasteiger partial charge >= 0.3 is 5.97 Å². The van der Waals surface area contributed by atoms with Crippen molar-refractivity contribution in [3.63, 3.8) is 0 Å². The number of carbonyl (C=O) groups is 1. The van der Waals surface area contributed by atoms with Gasteiger partial charge in [-0.3, -0.25) is 4.79 Å². The molecule has 0 amide bonds. The highest BCUT2D eigenvalue weighted by molar-refractivity contribution is 5.67. The average molecular weight is 278 g/mol. The van der Waals surface area contributed by atoms with Crippen LogP contribution >= 0.6 is 0 Å². The normalized spacial score (nSPS) is 9.81. The van der Waals surface area contributed by atoms with Crippen LogP contribution in [0.1, 0.15) is 34.2 Å². The van der Waals surface area contributed by atoms with Crippen LogP contribution in [-0.4, -0.2) is 11.1 Å². The van der Waals surface area contributed by atoms with Gasteiger partial charge in [-0.15, -0.1) is 0 Å². The van der Waals surface area contributed by atoms with Crippen molar-refractivity contribution in [1.29, 1.82) is 0 Å². The van der Waals surface area contributed by atoms with Gasteiger partial charge in [-0.05, 0) is 55.2 Å². The van der Waals surface area contributed by atoms with Crippen LogP contribution in [0.5, 0.6) is 0 Å². The topological polar surface area (TPSA) is 37.3 Å². The SMILES string of the molecule is Cc1cccc(C#Cc2ccc(CCC(=O)O)cc2)c1C. The fourth-order valence-electron chi connectivity index (χ4n) is 2.03. The molecule has 0 saturated carbocycles. The number of aliphatic carboxylic acids is 1. The van der Waals surface area contributed by atoms with Crippen LogP contribution in [0.15, 0.2) is 42.5 Å². The van der Waals surface area contributed by atoms with E-state index in [1.54, 1.807) is 0 Å². The Labute approximate surface area is 125 Å². The molecule has 0 heterocycles. The van der Waals surface area contributed by atoms with E-state index >= 15 is 0 Å². The molecule has 0 aliphatic heterocycles. The molecular weight excluding hydrogens is 260 g/mol. The number of carboxylic acids is 1. The van der Waals surface area contributed by atoms with Gasteiger partial charge in [-0.1, -0.05) is 36.1 Å². The zero-order chi connectivity index (χ0) is 15.2. The summed E-state index contributed by atoms with van der Waals surface area (Å²) in [5.74, 6) is 5.58. The summed E-state index contributed by atoms with van der Waals surface area (Å²) in [5, 5.41) is 8.67. The monoisotopic (exact) mass is 278 g/mol. The lowest BCUT2D eigenvalue weighted by Crippen LogP contribution is -1.97. The van der Waals surface area contributed by atoms with Crippen LogP contribution in [0.4, 0.5) is 0 Å². The van der Waals surface area contributed by atoms with E-state index in [1.165, 1.54) is 11.1 Å². The molecule has 0 atom stereocenters. The van der Waals surface area contributed by atoms with E-state index in [0.29, 0.717) is 6.42 Å². The van der Waals surface area contributed by atoms with Crippen molar-refractivity contribution in [1.82, 2.24) is 0 Å². The predicted octanol–water partition coefficient (Wildman–Crippen LogP) is 3.72. The number of hydrogen-bond donors (Lipinski definition) is 1. The third-order valence-electron chi connectivity index (χ3n) is 3.53. The number of aryl methyl sites for hydroxylation is 2.